The lowest BCUT2D eigenvalue weighted by atomic mass is 10.2. The Balaban J connectivity index is 2.24. The fraction of sp³-hybridized carbons (Fsp3) is 0.273. The average molecular weight is 201 g/mol. The van der Waals surface area contributed by atoms with Crippen molar-refractivity contribution in [3.63, 3.8) is 0 Å². The molecule has 0 saturated heterocycles. The van der Waals surface area contributed by atoms with Gasteiger partial charge in [-0.2, -0.15) is 0 Å². The summed E-state index contributed by atoms with van der Waals surface area (Å²) in [5, 5.41) is 4.29. The summed E-state index contributed by atoms with van der Waals surface area (Å²) in [5.41, 5.74) is 1.85. The van der Waals surface area contributed by atoms with Crippen molar-refractivity contribution in [3.05, 3.63) is 37.1 Å². The lowest BCUT2D eigenvalue weighted by Gasteiger charge is -1.96. The molecule has 4 nitrogen and oxygen atoms in total. The first-order valence-electron chi connectivity index (χ1n) is 5.02. The fourth-order valence-electron chi connectivity index (χ4n) is 1.35. The van der Waals surface area contributed by atoms with Gasteiger partial charge in [-0.3, -0.25) is 9.97 Å². The van der Waals surface area contributed by atoms with Gasteiger partial charge in [-0.1, -0.05) is 11.6 Å². The van der Waals surface area contributed by atoms with Gasteiger partial charge < -0.3 is 0 Å². The van der Waals surface area contributed by atoms with E-state index in [2.05, 4.69) is 22.0 Å². The Hall–Kier alpha value is -1.84. The minimum atomic E-state index is 0.855. The second-order valence-corrected chi connectivity index (χ2v) is 3.27. The third-order valence-corrected chi connectivity index (χ3v) is 2.08. The van der Waals surface area contributed by atoms with Crippen molar-refractivity contribution in [1.29, 1.82) is 0 Å². The van der Waals surface area contributed by atoms with E-state index >= 15 is 0 Å². The van der Waals surface area contributed by atoms with E-state index in [-0.39, 0.29) is 0 Å². The van der Waals surface area contributed by atoms with E-state index in [0.717, 1.165) is 24.2 Å². The molecule has 2 rings (SSSR count). The topological polar surface area (TPSA) is 42.5 Å². The standard InChI is InChI=1S/C11H13N4/c1-2-6-15-7-3-10(8-14-15)11-9-12-4-5-13-11/h3-5,7-9H,2,6H2,1H3/q+1. The van der Waals surface area contributed by atoms with E-state index in [9.17, 15) is 0 Å². The Labute approximate surface area is 88.6 Å². The van der Waals surface area contributed by atoms with Gasteiger partial charge in [0.1, 0.15) is 6.20 Å². The summed E-state index contributed by atoms with van der Waals surface area (Å²) in [7, 11) is 0. The molecule has 0 aromatic carbocycles. The lowest BCUT2D eigenvalue weighted by Crippen LogP contribution is -2.36. The maximum absolute atomic E-state index is 4.29. The van der Waals surface area contributed by atoms with Crippen molar-refractivity contribution in [2.75, 3.05) is 0 Å². The molecule has 76 valence electrons. The molecule has 0 fully saturated rings. The van der Waals surface area contributed by atoms with E-state index in [1.165, 1.54) is 0 Å². The Morgan fingerprint density at radius 1 is 1.27 bits per heavy atom. The highest BCUT2D eigenvalue weighted by Gasteiger charge is 2.03. The van der Waals surface area contributed by atoms with Crippen LogP contribution in [0.25, 0.3) is 11.3 Å². The summed E-state index contributed by atoms with van der Waals surface area (Å²) in [6.07, 6.45) is 9.95. The molecule has 2 aromatic rings. The summed E-state index contributed by atoms with van der Waals surface area (Å²) < 4.78 is 1.92. The predicted molar refractivity (Wildman–Crippen MR) is 55.7 cm³/mol. The molecule has 0 aliphatic carbocycles. The van der Waals surface area contributed by atoms with Crippen LogP contribution in [-0.2, 0) is 6.54 Å². The van der Waals surface area contributed by atoms with Crippen LogP contribution in [0.15, 0.2) is 37.1 Å². The zero-order valence-corrected chi connectivity index (χ0v) is 8.67. The molecule has 0 amide bonds. The first-order valence-corrected chi connectivity index (χ1v) is 5.02. The fourth-order valence-corrected chi connectivity index (χ4v) is 1.35. The highest BCUT2D eigenvalue weighted by Crippen LogP contribution is 2.10. The van der Waals surface area contributed by atoms with E-state index in [0.29, 0.717) is 0 Å². The van der Waals surface area contributed by atoms with Crippen molar-refractivity contribution in [2.45, 2.75) is 19.9 Å². The first-order chi connectivity index (χ1) is 7.40. The quantitative estimate of drug-likeness (QED) is 0.701. The molecule has 0 aliphatic heterocycles. The minimum Gasteiger partial charge on any atom is -0.261 e. The van der Waals surface area contributed by atoms with Crippen molar-refractivity contribution in [2.24, 2.45) is 0 Å². The van der Waals surface area contributed by atoms with Gasteiger partial charge in [-0.15, -0.1) is 0 Å². The summed E-state index contributed by atoms with van der Waals surface area (Å²) in [6.45, 7) is 3.08. The number of rotatable bonds is 3. The molecule has 0 saturated carbocycles. The molecule has 2 heterocycles. The van der Waals surface area contributed by atoms with E-state index < -0.39 is 0 Å². The smallest absolute Gasteiger partial charge is 0.196 e. The molecule has 2 aromatic heterocycles. The van der Waals surface area contributed by atoms with Crippen LogP contribution >= 0.6 is 0 Å². The second-order valence-electron chi connectivity index (χ2n) is 3.27. The minimum absolute atomic E-state index is 0.855. The molecule has 0 radical (unpaired) electrons. The highest BCUT2D eigenvalue weighted by molar-refractivity contribution is 5.54. The van der Waals surface area contributed by atoms with Crippen LogP contribution in [0.2, 0.25) is 0 Å². The molecule has 0 atom stereocenters. The Bertz CT molecular complexity index is 410. The molecular formula is C11H13N4+. The average Bonchev–Trinajstić information content (AvgIpc) is 2.32. The van der Waals surface area contributed by atoms with Crippen molar-refractivity contribution < 1.29 is 4.68 Å². The summed E-state index contributed by atoms with van der Waals surface area (Å²) >= 11 is 0. The highest BCUT2D eigenvalue weighted by atomic mass is 15.2. The SMILES string of the molecule is CCC[n+]1ccc(-c2cnccn2)cn1. The molecule has 0 aliphatic rings. The lowest BCUT2D eigenvalue weighted by molar-refractivity contribution is -0.753. The molecule has 0 N–H and O–H groups in total. The van der Waals surface area contributed by atoms with E-state index in [4.69, 9.17) is 0 Å². The monoisotopic (exact) mass is 201 g/mol. The third kappa shape index (κ3) is 2.34. The van der Waals surface area contributed by atoms with Crippen molar-refractivity contribution in [3.8, 4) is 11.3 Å². The van der Waals surface area contributed by atoms with Gasteiger partial charge in [0.2, 0.25) is 0 Å². The van der Waals surface area contributed by atoms with Crippen LogP contribution in [0.1, 0.15) is 13.3 Å². The van der Waals surface area contributed by atoms with Crippen LogP contribution < -0.4 is 4.68 Å². The van der Waals surface area contributed by atoms with Crippen LogP contribution in [0, 0.1) is 0 Å². The molecule has 15 heavy (non-hydrogen) atoms. The number of hydrogen-bond donors (Lipinski definition) is 0. The number of nitrogens with zero attached hydrogens (tertiary/aromatic N) is 4. The van der Waals surface area contributed by atoms with Crippen LogP contribution in [0.5, 0.6) is 0 Å². The van der Waals surface area contributed by atoms with Gasteiger partial charge in [-0.05, 0) is 5.10 Å². The predicted octanol–water partition coefficient (Wildman–Crippen LogP) is 1.24. The maximum Gasteiger partial charge on any atom is 0.196 e. The van der Waals surface area contributed by atoms with Gasteiger partial charge in [0.15, 0.2) is 12.7 Å². The third-order valence-electron chi connectivity index (χ3n) is 2.08. The normalized spacial score (nSPS) is 10.2. The van der Waals surface area contributed by atoms with Gasteiger partial charge in [0.05, 0.1) is 11.9 Å². The molecule has 0 spiro atoms. The number of aryl methyl sites for hydroxylation is 1. The van der Waals surface area contributed by atoms with Gasteiger partial charge >= 0.3 is 0 Å². The van der Waals surface area contributed by atoms with Crippen molar-refractivity contribution in [1.82, 2.24) is 15.1 Å². The van der Waals surface area contributed by atoms with E-state index in [1.807, 2.05) is 23.1 Å². The first kappa shape index (κ1) is 9.71. The summed E-state index contributed by atoms with van der Waals surface area (Å²) in [4.78, 5) is 8.24. The van der Waals surface area contributed by atoms with Crippen LogP contribution in [0.3, 0.4) is 0 Å². The van der Waals surface area contributed by atoms with Gasteiger partial charge in [0.25, 0.3) is 0 Å². The number of aromatic nitrogens is 4. The van der Waals surface area contributed by atoms with Crippen LogP contribution in [-0.4, -0.2) is 15.1 Å². The van der Waals surface area contributed by atoms with Gasteiger partial charge in [0, 0.05) is 30.4 Å². The maximum atomic E-state index is 4.29. The van der Waals surface area contributed by atoms with Gasteiger partial charge in [-0.25, -0.2) is 0 Å². The molecular weight excluding hydrogens is 188 g/mol. The molecule has 0 unspecified atom stereocenters. The Morgan fingerprint density at radius 3 is 2.80 bits per heavy atom. The summed E-state index contributed by atoms with van der Waals surface area (Å²) in [6, 6.07) is 2.01. The zero-order chi connectivity index (χ0) is 10.5. The van der Waals surface area contributed by atoms with E-state index in [1.54, 1.807) is 18.6 Å². The largest absolute Gasteiger partial charge is 0.261 e. The van der Waals surface area contributed by atoms with Crippen LogP contribution in [0.4, 0.5) is 0 Å². The zero-order valence-electron chi connectivity index (χ0n) is 8.67. The molecule has 4 heteroatoms. The number of hydrogen-bond acceptors (Lipinski definition) is 3. The summed E-state index contributed by atoms with van der Waals surface area (Å²) in [5.74, 6) is 0. The Kier molecular flexibility index (Phi) is 2.97. The molecule has 0 bridgehead atoms. The second kappa shape index (κ2) is 4.59. The Morgan fingerprint density at radius 2 is 2.20 bits per heavy atom. The van der Waals surface area contributed by atoms with Crippen molar-refractivity contribution >= 4 is 0 Å².